The molecule has 0 aromatic heterocycles. The third-order valence-corrected chi connectivity index (χ3v) is 3.00. The van der Waals surface area contributed by atoms with Crippen LogP contribution in [0.4, 0.5) is 11.4 Å². The molecule has 6 nitrogen and oxygen atoms in total. The van der Waals surface area contributed by atoms with Crippen molar-refractivity contribution in [2.75, 3.05) is 29.9 Å². The zero-order valence-corrected chi connectivity index (χ0v) is 12.0. The van der Waals surface area contributed by atoms with Crippen LogP contribution < -0.4 is 15.4 Å². The third kappa shape index (κ3) is 5.71. The molecule has 1 rings (SSSR count). The van der Waals surface area contributed by atoms with Gasteiger partial charge in [-0.3, -0.25) is 9.52 Å². The van der Waals surface area contributed by atoms with Gasteiger partial charge in [0.05, 0.1) is 11.9 Å². The molecule has 0 aliphatic heterocycles. The smallest absolute Gasteiger partial charge is 0.229 e. The molecule has 0 saturated heterocycles. The number of anilines is 2. The molecule has 1 amide bonds. The van der Waals surface area contributed by atoms with Crippen LogP contribution in [-0.2, 0) is 14.8 Å². The molecule has 0 aliphatic rings. The Morgan fingerprint density at radius 1 is 1.32 bits per heavy atom. The van der Waals surface area contributed by atoms with E-state index < -0.39 is 10.0 Å². The summed E-state index contributed by atoms with van der Waals surface area (Å²) in [4.78, 5) is 11.8. The summed E-state index contributed by atoms with van der Waals surface area (Å²) in [6.07, 6.45) is 1.08. The first-order valence-corrected chi connectivity index (χ1v) is 7.74. The number of nitrogens with one attached hydrogen (secondary N) is 3. The quantitative estimate of drug-likeness (QED) is 0.723. The molecule has 0 radical (unpaired) electrons. The average molecular weight is 285 g/mol. The first-order valence-electron chi connectivity index (χ1n) is 5.85. The SMILES string of the molecule is CNCC(C)C(=O)Nc1cccc(NS(C)(=O)=O)c1. The van der Waals surface area contributed by atoms with Crippen LogP contribution >= 0.6 is 0 Å². The number of rotatable bonds is 6. The minimum absolute atomic E-state index is 0.120. The molecule has 106 valence electrons. The van der Waals surface area contributed by atoms with E-state index in [0.29, 0.717) is 17.9 Å². The maximum atomic E-state index is 11.8. The number of hydrogen-bond acceptors (Lipinski definition) is 4. The largest absolute Gasteiger partial charge is 0.326 e. The van der Waals surface area contributed by atoms with Crippen molar-refractivity contribution in [1.29, 1.82) is 0 Å². The number of sulfonamides is 1. The summed E-state index contributed by atoms with van der Waals surface area (Å²) >= 11 is 0. The molecule has 0 spiro atoms. The van der Waals surface area contributed by atoms with E-state index in [0.717, 1.165) is 6.26 Å². The van der Waals surface area contributed by atoms with Crippen molar-refractivity contribution in [3.8, 4) is 0 Å². The molecule has 7 heteroatoms. The van der Waals surface area contributed by atoms with Crippen molar-refractivity contribution in [2.45, 2.75) is 6.92 Å². The van der Waals surface area contributed by atoms with E-state index in [2.05, 4.69) is 15.4 Å². The molecule has 0 aliphatic carbocycles. The van der Waals surface area contributed by atoms with Crippen molar-refractivity contribution in [3.05, 3.63) is 24.3 Å². The fourth-order valence-electron chi connectivity index (χ4n) is 1.54. The second-order valence-electron chi connectivity index (χ2n) is 4.40. The number of amides is 1. The Hall–Kier alpha value is -1.60. The van der Waals surface area contributed by atoms with Gasteiger partial charge in [0.25, 0.3) is 0 Å². The van der Waals surface area contributed by atoms with E-state index >= 15 is 0 Å². The molecule has 0 heterocycles. The molecule has 0 saturated carbocycles. The third-order valence-electron chi connectivity index (χ3n) is 2.39. The van der Waals surface area contributed by atoms with Crippen molar-refractivity contribution in [1.82, 2.24) is 5.32 Å². The Morgan fingerprint density at radius 2 is 1.95 bits per heavy atom. The summed E-state index contributed by atoms with van der Waals surface area (Å²) in [5, 5.41) is 5.66. The lowest BCUT2D eigenvalue weighted by Crippen LogP contribution is -2.28. The summed E-state index contributed by atoms with van der Waals surface area (Å²) in [5.41, 5.74) is 0.975. The molecule has 0 fully saturated rings. The summed E-state index contributed by atoms with van der Waals surface area (Å²) in [5.74, 6) is -0.289. The van der Waals surface area contributed by atoms with E-state index in [1.165, 1.54) is 0 Å². The minimum Gasteiger partial charge on any atom is -0.326 e. The lowest BCUT2D eigenvalue weighted by Gasteiger charge is -2.12. The standard InChI is InChI=1S/C12H19N3O3S/c1-9(8-13-2)12(16)14-10-5-4-6-11(7-10)15-19(3,17)18/h4-7,9,13,15H,8H2,1-3H3,(H,14,16). The molecular formula is C12H19N3O3S. The van der Waals surface area contributed by atoms with Gasteiger partial charge in [-0.2, -0.15) is 0 Å². The number of carbonyl (C=O) groups is 1. The highest BCUT2D eigenvalue weighted by Crippen LogP contribution is 2.16. The van der Waals surface area contributed by atoms with Gasteiger partial charge in [0.2, 0.25) is 15.9 Å². The van der Waals surface area contributed by atoms with E-state index in [4.69, 9.17) is 0 Å². The van der Waals surface area contributed by atoms with Gasteiger partial charge in [0.15, 0.2) is 0 Å². The molecular weight excluding hydrogens is 266 g/mol. The molecule has 3 N–H and O–H groups in total. The predicted octanol–water partition coefficient (Wildman–Crippen LogP) is 0.852. The Labute approximate surface area is 113 Å². The van der Waals surface area contributed by atoms with Crippen molar-refractivity contribution >= 4 is 27.3 Å². The monoisotopic (exact) mass is 285 g/mol. The highest BCUT2D eigenvalue weighted by molar-refractivity contribution is 7.92. The van der Waals surface area contributed by atoms with Crippen LogP contribution in [0, 0.1) is 5.92 Å². The summed E-state index contributed by atoms with van der Waals surface area (Å²) in [6, 6.07) is 6.57. The van der Waals surface area contributed by atoms with Crippen LogP contribution in [-0.4, -0.2) is 34.2 Å². The normalized spacial score (nSPS) is 12.8. The van der Waals surface area contributed by atoms with E-state index in [1.807, 2.05) is 6.92 Å². The Kier molecular flexibility index (Phi) is 5.31. The fraction of sp³-hybridized carbons (Fsp3) is 0.417. The van der Waals surface area contributed by atoms with Gasteiger partial charge in [-0.15, -0.1) is 0 Å². The Morgan fingerprint density at radius 3 is 2.53 bits per heavy atom. The zero-order chi connectivity index (χ0) is 14.5. The Balaban J connectivity index is 2.75. The first-order chi connectivity index (χ1) is 8.81. The highest BCUT2D eigenvalue weighted by atomic mass is 32.2. The number of benzene rings is 1. The van der Waals surface area contributed by atoms with Crippen LogP contribution in [0.25, 0.3) is 0 Å². The van der Waals surface area contributed by atoms with Crippen LogP contribution in [0.3, 0.4) is 0 Å². The summed E-state index contributed by atoms with van der Waals surface area (Å²) in [6.45, 7) is 2.39. The van der Waals surface area contributed by atoms with E-state index in [-0.39, 0.29) is 11.8 Å². The van der Waals surface area contributed by atoms with Gasteiger partial charge in [0.1, 0.15) is 0 Å². The van der Waals surface area contributed by atoms with Gasteiger partial charge < -0.3 is 10.6 Å². The molecule has 1 atom stereocenters. The topological polar surface area (TPSA) is 87.3 Å². The highest BCUT2D eigenvalue weighted by Gasteiger charge is 2.12. The van der Waals surface area contributed by atoms with Gasteiger partial charge in [-0.25, -0.2) is 8.42 Å². The van der Waals surface area contributed by atoms with Gasteiger partial charge in [-0.1, -0.05) is 13.0 Å². The second-order valence-corrected chi connectivity index (χ2v) is 6.15. The first kappa shape index (κ1) is 15.5. The molecule has 1 aromatic rings. The lowest BCUT2D eigenvalue weighted by molar-refractivity contribution is -0.119. The summed E-state index contributed by atoms with van der Waals surface area (Å²) < 4.78 is 24.6. The molecule has 1 aromatic carbocycles. The van der Waals surface area contributed by atoms with E-state index in [1.54, 1.807) is 31.3 Å². The van der Waals surface area contributed by atoms with E-state index in [9.17, 15) is 13.2 Å². The molecule has 0 bridgehead atoms. The average Bonchev–Trinajstić information content (AvgIpc) is 2.27. The fourth-order valence-corrected chi connectivity index (χ4v) is 2.09. The summed E-state index contributed by atoms with van der Waals surface area (Å²) in [7, 11) is -1.54. The Bertz CT molecular complexity index is 543. The minimum atomic E-state index is -3.32. The van der Waals surface area contributed by atoms with Gasteiger partial charge in [-0.05, 0) is 25.2 Å². The van der Waals surface area contributed by atoms with Gasteiger partial charge >= 0.3 is 0 Å². The van der Waals surface area contributed by atoms with Gasteiger partial charge in [0, 0.05) is 18.2 Å². The number of carbonyl (C=O) groups excluding carboxylic acids is 1. The van der Waals surface area contributed by atoms with Crippen molar-refractivity contribution in [3.63, 3.8) is 0 Å². The maximum Gasteiger partial charge on any atom is 0.229 e. The van der Waals surface area contributed by atoms with Crippen LogP contribution in [0.15, 0.2) is 24.3 Å². The molecule has 1 unspecified atom stereocenters. The lowest BCUT2D eigenvalue weighted by atomic mass is 10.1. The second kappa shape index (κ2) is 6.53. The molecule has 19 heavy (non-hydrogen) atoms. The maximum absolute atomic E-state index is 11.8. The van der Waals surface area contributed by atoms with Crippen molar-refractivity contribution in [2.24, 2.45) is 5.92 Å². The number of hydrogen-bond donors (Lipinski definition) is 3. The predicted molar refractivity (Wildman–Crippen MR) is 76.6 cm³/mol. The van der Waals surface area contributed by atoms with Crippen LogP contribution in [0.2, 0.25) is 0 Å². The van der Waals surface area contributed by atoms with Crippen LogP contribution in [0.5, 0.6) is 0 Å². The zero-order valence-electron chi connectivity index (χ0n) is 11.2. The van der Waals surface area contributed by atoms with Crippen molar-refractivity contribution < 1.29 is 13.2 Å². The van der Waals surface area contributed by atoms with Crippen LogP contribution in [0.1, 0.15) is 6.92 Å².